The Morgan fingerprint density at radius 2 is 2.26 bits per heavy atom. The van der Waals surface area contributed by atoms with E-state index in [1.165, 1.54) is 0 Å². The van der Waals surface area contributed by atoms with Crippen molar-refractivity contribution >= 4 is 5.82 Å². The van der Waals surface area contributed by atoms with Crippen molar-refractivity contribution in [2.24, 2.45) is 5.92 Å². The van der Waals surface area contributed by atoms with Gasteiger partial charge in [0.1, 0.15) is 0 Å². The maximum atomic E-state index is 11.7. The number of rotatable bonds is 4. The summed E-state index contributed by atoms with van der Waals surface area (Å²) in [5, 5.41) is 9.56. The molecule has 2 heterocycles. The first-order valence-corrected chi connectivity index (χ1v) is 6.73. The minimum Gasteiger partial charge on any atom is -0.350 e. The highest BCUT2D eigenvalue weighted by molar-refractivity contribution is 5.34. The van der Waals surface area contributed by atoms with E-state index in [1.807, 2.05) is 4.90 Å². The fourth-order valence-electron chi connectivity index (χ4n) is 2.38. The second-order valence-electron chi connectivity index (χ2n) is 5.35. The summed E-state index contributed by atoms with van der Waals surface area (Å²) in [6.45, 7) is 6.78. The molecule has 1 aromatic rings. The van der Waals surface area contributed by atoms with E-state index in [4.69, 9.17) is 0 Å². The number of piperidine rings is 1. The molecule has 3 N–H and O–H groups in total. The van der Waals surface area contributed by atoms with Crippen LogP contribution in [0.25, 0.3) is 0 Å². The largest absolute Gasteiger partial charge is 0.350 e. The molecule has 19 heavy (non-hydrogen) atoms. The molecule has 0 bridgehead atoms. The first-order valence-electron chi connectivity index (χ1n) is 6.73. The summed E-state index contributed by atoms with van der Waals surface area (Å²) in [4.78, 5) is 26.8. The number of anilines is 1. The van der Waals surface area contributed by atoms with E-state index in [9.17, 15) is 9.59 Å². The molecule has 2 rings (SSSR count). The summed E-state index contributed by atoms with van der Waals surface area (Å²) < 4.78 is 0. The summed E-state index contributed by atoms with van der Waals surface area (Å²) in [7, 11) is 0. The lowest BCUT2D eigenvalue weighted by molar-refractivity contribution is 0.377. The van der Waals surface area contributed by atoms with Crippen molar-refractivity contribution in [3.05, 3.63) is 20.8 Å². The summed E-state index contributed by atoms with van der Waals surface area (Å²) in [6.07, 6.45) is 2.18. The van der Waals surface area contributed by atoms with Crippen LogP contribution in [0, 0.1) is 5.92 Å². The van der Waals surface area contributed by atoms with Crippen molar-refractivity contribution in [1.29, 1.82) is 0 Å². The summed E-state index contributed by atoms with van der Waals surface area (Å²) in [5.74, 6) is 0.818. The molecule has 0 saturated carbocycles. The number of nitrogens with zero attached hydrogens (tertiary/aromatic N) is 2. The summed E-state index contributed by atoms with van der Waals surface area (Å²) in [6, 6.07) is 0.463. The van der Waals surface area contributed by atoms with Crippen LogP contribution in [0.2, 0.25) is 0 Å². The first-order chi connectivity index (χ1) is 9.06. The number of hydrogen-bond donors (Lipinski definition) is 3. The maximum absolute atomic E-state index is 11.7. The number of hydrogen-bond acceptors (Lipinski definition) is 5. The van der Waals surface area contributed by atoms with Gasteiger partial charge >= 0.3 is 5.69 Å². The van der Waals surface area contributed by atoms with Gasteiger partial charge in [0, 0.05) is 19.1 Å². The number of aromatic nitrogens is 3. The van der Waals surface area contributed by atoms with Gasteiger partial charge < -0.3 is 10.2 Å². The van der Waals surface area contributed by atoms with Crippen LogP contribution in [0.15, 0.2) is 9.59 Å². The van der Waals surface area contributed by atoms with Gasteiger partial charge in [0.2, 0.25) is 5.82 Å². The molecule has 1 aromatic heterocycles. The van der Waals surface area contributed by atoms with E-state index in [0.29, 0.717) is 17.8 Å². The molecular formula is C12H21N5O2. The lowest BCUT2D eigenvalue weighted by Crippen LogP contribution is -2.44. The number of H-pyrrole nitrogens is 2. The Labute approximate surface area is 111 Å². The zero-order valence-corrected chi connectivity index (χ0v) is 11.4. The highest BCUT2D eigenvalue weighted by atomic mass is 16.2. The molecular weight excluding hydrogens is 246 g/mol. The van der Waals surface area contributed by atoms with E-state index in [0.717, 1.165) is 32.5 Å². The van der Waals surface area contributed by atoms with Crippen molar-refractivity contribution < 1.29 is 0 Å². The summed E-state index contributed by atoms with van der Waals surface area (Å²) >= 11 is 0. The third-order valence-electron chi connectivity index (χ3n) is 3.33. The van der Waals surface area contributed by atoms with Gasteiger partial charge in [0.15, 0.2) is 0 Å². The van der Waals surface area contributed by atoms with Crippen LogP contribution in [0.5, 0.6) is 0 Å². The Morgan fingerprint density at radius 3 is 2.95 bits per heavy atom. The molecule has 1 aliphatic rings. The molecule has 0 spiro atoms. The number of nitrogens with one attached hydrogen (secondary N) is 3. The minimum absolute atomic E-state index is 0.314. The molecule has 7 heteroatoms. The normalized spacial score (nSPS) is 19.9. The van der Waals surface area contributed by atoms with E-state index in [2.05, 4.69) is 34.3 Å². The lowest BCUT2D eigenvalue weighted by Gasteiger charge is -2.33. The van der Waals surface area contributed by atoms with E-state index >= 15 is 0 Å². The van der Waals surface area contributed by atoms with Crippen molar-refractivity contribution in [3.63, 3.8) is 0 Å². The van der Waals surface area contributed by atoms with Gasteiger partial charge in [-0.1, -0.05) is 13.8 Å². The Kier molecular flexibility index (Phi) is 4.36. The van der Waals surface area contributed by atoms with Crippen LogP contribution >= 0.6 is 0 Å². The molecule has 1 unspecified atom stereocenters. The third-order valence-corrected chi connectivity index (χ3v) is 3.33. The maximum Gasteiger partial charge on any atom is 0.342 e. The van der Waals surface area contributed by atoms with Crippen molar-refractivity contribution in [3.8, 4) is 0 Å². The monoisotopic (exact) mass is 267 g/mol. The average Bonchev–Trinajstić information content (AvgIpc) is 2.36. The van der Waals surface area contributed by atoms with Gasteiger partial charge in [0.25, 0.3) is 5.56 Å². The van der Waals surface area contributed by atoms with E-state index < -0.39 is 11.2 Å². The minimum atomic E-state index is -0.566. The molecule has 1 fully saturated rings. The predicted molar refractivity (Wildman–Crippen MR) is 73.6 cm³/mol. The van der Waals surface area contributed by atoms with E-state index in [-0.39, 0.29) is 0 Å². The Morgan fingerprint density at radius 1 is 1.47 bits per heavy atom. The fourth-order valence-corrected chi connectivity index (χ4v) is 2.38. The molecule has 1 atom stereocenters. The lowest BCUT2D eigenvalue weighted by atomic mass is 9.98. The van der Waals surface area contributed by atoms with Crippen molar-refractivity contribution in [2.45, 2.75) is 32.7 Å². The zero-order valence-electron chi connectivity index (χ0n) is 11.4. The highest BCUT2D eigenvalue weighted by Gasteiger charge is 2.22. The highest BCUT2D eigenvalue weighted by Crippen LogP contribution is 2.18. The van der Waals surface area contributed by atoms with Gasteiger partial charge in [-0.2, -0.15) is 0 Å². The van der Waals surface area contributed by atoms with Crippen LogP contribution in [0.1, 0.15) is 26.7 Å². The predicted octanol–water partition coefficient (Wildman–Crippen LogP) is -0.327. The SMILES string of the molecule is CC(C)NCC1CCCN(c2n[nH]c(=O)[nH]c2=O)C1. The zero-order chi connectivity index (χ0) is 13.8. The molecule has 0 aliphatic carbocycles. The van der Waals surface area contributed by atoms with Crippen LogP contribution in [0.4, 0.5) is 5.82 Å². The molecule has 1 saturated heterocycles. The Balaban J connectivity index is 2.04. The van der Waals surface area contributed by atoms with Gasteiger partial charge in [0.05, 0.1) is 0 Å². The first kappa shape index (κ1) is 13.8. The second-order valence-corrected chi connectivity index (χ2v) is 5.35. The smallest absolute Gasteiger partial charge is 0.342 e. The van der Waals surface area contributed by atoms with Gasteiger partial charge in [-0.15, -0.1) is 5.10 Å². The fraction of sp³-hybridized carbons (Fsp3) is 0.750. The van der Waals surface area contributed by atoms with Gasteiger partial charge in [-0.3, -0.25) is 9.78 Å². The molecule has 7 nitrogen and oxygen atoms in total. The average molecular weight is 267 g/mol. The quantitative estimate of drug-likeness (QED) is 0.694. The van der Waals surface area contributed by atoms with Gasteiger partial charge in [-0.25, -0.2) is 9.89 Å². The molecule has 1 aliphatic heterocycles. The standard InChI is InChI=1S/C12H21N5O2/c1-8(2)13-6-9-4-3-5-17(7-9)10-11(18)14-12(19)16-15-10/h8-9,13H,3-7H2,1-2H3,(H2,14,16,18,19). The molecule has 0 aromatic carbocycles. The van der Waals surface area contributed by atoms with Crippen LogP contribution in [-0.4, -0.2) is 40.9 Å². The van der Waals surface area contributed by atoms with Crippen LogP contribution < -0.4 is 21.5 Å². The van der Waals surface area contributed by atoms with Crippen LogP contribution in [0.3, 0.4) is 0 Å². The number of aromatic amines is 2. The second kappa shape index (κ2) is 6.01. The molecule has 106 valence electrons. The van der Waals surface area contributed by atoms with Crippen molar-refractivity contribution in [1.82, 2.24) is 20.5 Å². The Bertz CT molecular complexity index is 521. The topological polar surface area (TPSA) is 93.9 Å². The van der Waals surface area contributed by atoms with E-state index in [1.54, 1.807) is 0 Å². The molecule has 0 amide bonds. The third kappa shape index (κ3) is 3.66. The Hall–Kier alpha value is -1.63. The molecule has 0 radical (unpaired) electrons. The van der Waals surface area contributed by atoms with Gasteiger partial charge in [-0.05, 0) is 25.3 Å². The van der Waals surface area contributed by atoms with Crippen molar-refractivity contribution in [2.75, 3.05) is 24.5 Å². The summed E-state index contributed by atoms with van der Waals surface area (Å²) in [5.41, 5.74) is -0.981. The van der Waals surface area contributed by atoms with Crippen LogP contribution in [-0.2, 0) is 0 Å².